The quantitative estimate of drug-likeness (QED) is 0.864. The van der Waals surface area contributed by atoms with Crippen LogP contribution in [0.15, 0.2) is 15.9 Å². The van der Waals surface area contributed by atoms with Crippen LogP contribution in [0.2, 0.25) is 0 Å². The lowest BCUT2D eigenvalue weighted by atomic mass is 9.99. The predicted octanol–water partition coefficient (Wildman–Crippen LogP) is 4.51. The number of rotatable bonds is 4. The maximum absolute atomic E-state index is 10.0. The zero-order valence-corrected chi connectivity index (χ0v) is 11.2. The van der Waals surface area contributed by atoms with E-state index in [1.807, 2.05) is 11.4 Å². The molecule has 0 saturated heterocycles. The molecule has 84 valence electrons. The van der Waals surface area contributed by atoms with Crippen molar-refractivity contribution in [3.05, 3.63) is 20.8 Å². The fourth-order valence-electron chi connectivity index (χ4n) is 2.37. The molecule has 3 heteroatoms. The van der Waals surface area contributed by atoms with Gasteiger partial charge in [0.15, 0.2) is 0 Å². The van der Waals surface area contributed by atoms with E-state index in [9.17, 15) is 5.11 Å². The lowest BCUT2D eigenvalue weighted by molar-refractivity contribution is 0.160. The van der Waals surface area contributed by atoms with Gasteiger partial charge in [-0.15, -0.1) is 11.3 Å². The Labute approximate surface area is 104 Å². The van der Waals surface area contributed by atoms with Gasteiger partial charge in [0, 0.05) is 9.35 Å². The second kappa shape index (κ2) is 5.46. The number of aliphatic hydroxyl groups is 1. The largest absolute Gasteiger partial charge is 0.388 e. The molecule has 0 aliphatic heterocycles. The molecule has 2 rings (SSSR count). The van der Waals surface area contributed by atoms with Crippen molar-refractivity contribution in [1.82, 2.24) is 0 Å². The van der Waals surface area contributed by atoms with E-state index in [0.29, 0.717) is 0 Å². The molecule has 1 N–H and O–H groups in total. The zero-order valence-electron chi connectivity index (χ0n) is 8.79. The van der Waals surface area contributed by atoms with E-state index in [4.69, 9.17) is 0 Å². The third-order valence-corrected chi connectivity index (χ3v) is 5.24. The number of hydrogen-bond donors (Lipinski definition) is 1. The average molecular weight is 289 g/mol. The van der Waals surface area contributed by atoms with E-state index in [1.54, 1.807) is 11.3 Å². The molecule has 1 unspecified atom stereocenters. The topological polar surface area (TPSA) is 20.2 Å². The van der Waals surface area contributed by atoms with Gasteiger partial charge in [-0.25, -0.2) is 0 Å². The minimum absolute atomic E-state index is 0.264. The van der Waals surface area contributed by atoms with Crippen LogP contribution in [0.1, 0.15) is 49.5 Å². The highest BCUT2D eigenvalue weighted by Gasteiger charge is 2.18. The van der Waals surface area contributed by atoms with Gasteiger partial charge in [0.1, 0.15) is 0 Å². The predicted molar refractivity (Wildman–Crippen MR) is 68.2 cm³/mol. The fraction of sp³-hybridized carbons (Fsp3) is 0.667. The molecule has 1 aliphatic carbocycles. The van der Waals surface area contributed by atoms with Gasteiger partial charge in [-0.1, -0.05) is 25.7 Å². The summed E-state index contributed by atoms with van der Waals surface area (Å²) in [6, 6.07) is 2.01. The van der Waals surface area contributed by atoms with Crippen molar-refractivity contribution in [3.8, 4) is 0 Å². The lowest BCUT2D eigenvalue weighted by Gasteiger charge is -2.13. The molecule has 1 fully saturated rings. The van der Waals surface area contributed by atoms with E-state index in [2.05, 4.69) is 15.9 Å². The van der Waals surface area contributed by atoms with Crippen molar-refractivity contribution in [3.63, 3.8) is 0 Å². The van der Waals surface area contributed by atoms with Crippen molar-refractivity contribution in [2.75, 3.05) is 0 Å². The molecule has 1 heterocycles. The Kier molecular flexibility index (Phi) is 4.23. The molecule has 1 aliphatic rings. The van der Waals surface area contributed by atoms with Crippen LogP contribution < -0.4 is 0 Å². The molecular formula is C12H17BrOS. The third-order valence-electron chi connectivity index (χ3n) is 3.27. The molecule has 0 spiro atoms. The minimum atomic E-state index is -0.264. The molecule has 0 bridgehead atoms. The minimum Gasteiger partial charge on any atom is -0.388 e. The number of thiophene rings is 1. The number of halogens is 1. The van der Waals surface area contributed by atoms with Gasteiger partial charge in [-0.3, -0.25) is 0 Å². The van der Waals surface area contributed by atoms with Crippen LogP contribution in [-0.2, 0) is 0 Å². The van der Waals surface area contributed by atoms with Crippen LogP contribution in [0, 0.1) is 5.92 Å². The highest BCUT2D eigenvalue weighted by atomic mass is 79.9. The van der Waals surface area contributed by atoms with E-state index in [0.717, 1.165) is 21.7 Å². The molecule has 1 atom stereocenters. The molecule has 1 nitrogen and oxygen atoms in total. The van der Waals surface area contributed by atoms with Crippen LogP contribution >= 0.6 is 27.3 Å². The van der Waals surface area contributed by atoms with Crippen LogP contribution in [-0.4, -0.2) is 5.11 Å². The number of aliphatic hydroxyl groups excluding tert-OH is 1. The Bertz CT molecular complexity index is 304. The lowest BCUT2D eigenvalue weighted by Crippen LogP contribution is -2.00. The van der Waals surface area contributed by atoms with Crippen molar-refractivity contribution in [2.24, 2.45) is 5.92 Å². The summed E-state index contributed by atoms with van der Waals surface area (Å²) in [5, 5.41) is 12.1. The van der Waals surface area contributed by atoms with Gasteiger partial charge in [0.2, 0.25) is 0 Å². The summed E-state index contributed by atoms with van der Waals surface area (Å²) in [6.07, 6.45) is 7.37. The van der Waals surface area contributed by atoms with Crippen LogP contribution in [0.25, 0.3) is 0 Å². The first-order chi connectivity index (χ1) is 7.27. The highest BCUT2D eigenvalue weighted by molar-refractivity contribution is 9.10. The van der Waals surface area contributed by atoms with E-state index >= 15 is 0 Å². The van der Waals surface area contributed by atoms with Gasteiger partial charge in [0.25, 0.3) is 0 Å². The molecule has 1 saturated carbocycles. The van der Waals surface area contributed by atoms with Crippen LogP contribution in [0.4, 0.5) is 0 Å². The monoisotopic (exact) mass is 288 g/mol. The van der Waals surface area contributed by atoms with Crippen LogP contribution in [0.3, 0.4) is 0 Å². The summed E-state index contributed by atoms with van der Waals surface area (Å²) in [6.45, 7) is 0. The standard InChI is InChI=1S/C12H17BrOS/c13-10-7-8-15-12(10)11(14)6-5-9-3-1-2-4-9/h7-9,11,14H,1-6H2. The van der Waals surface area contributed by atoms with Crippen molar-refractivity contribution in [2.45, 2.75) is 44.6 Å². The SMILES string of the molecule is OC(CCC1CCCC1)c1sccc1Br. The number of hydrogen-bond acceptors (Lipinski definition) is 2. The Morgan fingerprint density at radius 3 is 2.80 bits per heavy atom. The highest BCUT2D eigenvalue weighted by Crippen LogP contribution is 2.35. The molecule has 0 amide bonds. The van der Waals surface area contributed by atoms with Gasteiger partial charge < -0.3 is 5.11 Å². The second-order valence-electron chi connectivity index (χ2n) is 4.38. The summed E-state index contributed by atoms with van der Waals surface area (Å²) in [5.41, 5.74) is 0. The maximum atomic E-state index is 10.0. The molecule has 1 aromatic rings. The van der Waals surface area contributed by atoms with Crippen LogP contribution in [0.5, 0.6) is 0 Å². The van der Waals surface area contributed by atoms with Gasteiger partial charge >= 0.3 is 0 Å². The third kappa shape index (κ3) is 3.05. The molecule has 1 aromatic heterocycles. The molecule has 15 heavy (non-hydrogen) atoms. The Morgan fingerprint density at radius 1 is 1.47 bits per heavy atom. The normalized spacial score (nSPS) is 19.6. The summed E-state index contributed by atoms with van der Waals surface area (Å²) in [4.78, 5) is 1.09. The second-order valence-corrected chi connectivity index (χ2v) is 6.18. The summed E-state index contributed by atoms with van der Waals surface area (Å²) in [7, 11) is 0. The Morgan fingerprint density at radius 2 is 2.20 bits per heavy atom. The average Bonchev–Trinajstić information content (AvgIpc) is 2.84. The smallest absolute Gasteiger partial charge is 0.0893 e. The Balaban J connectivity index is 1.81. The van der Waals surface area contributed by atoms with Crippen molar-refractivity contribution < 1.29 is 5.11 Å². The van der Waals surface area contributed by atoms with Gasteiger partial charge in [0.05, 0.1) is 6.10 Å². The zero-order chi connectivity index (χ0) is 10.7. The van der Waals surface area contributed by atoms with Gasteiger partial charge in [-0.2, -0.15) is 0 Å². The fourth-order valence-corrected chi connectivity index (χ4v) is 4.02. The molecule has 0 radical (unpaired) electrons. The molecule has 0 aromatic carbocycles. The Hall–Kier alpha value is 0.140. The summed E-state index contributed by atoms with van der Waals surface area (Å²) < 4.78 is 1.06. The first-order valence-corrected chi connectivity index (χ1v) is 7.35. The van der Waals surface area contributed by atoms with E-state index in [-0.39, 0.29) is 6.10 Å². The van der Waals surface area contributed by atoms with Crippen molar-refractivity contribution >= 4 is 27.3 Å². The van der Waals surface area contributed by atoms with Gasteiger partial charge in [-0.05, 0) is 46.1 Å². The summed E-state index contributed by atoms with van der Waals surface area (Å²) in [5.74, 6) is 0.874. The van der Waals surface area contributed by atoms with Crippen molar-refractivity contribution in [1.29, 1.82) is 0 Å². The first-order valence-electron chi connectivity index (χ1n) is 5.68. The van der Waals surface area contributed by atoms with E-state index in [1.165, 1.54) is 32.1 Å². The summed E-state index contributed by atoms with van der Waals surface area (Å²) >= 11 is 5.11. The first kappa shape index (κ1) is 11.6. The maximum Gasteiger partial charge on any atom is 0.0893 e. The van der Waals surface area contributed by atoms with E-state index < -0.39 is 0 Å². The molecular weight excluding hydrogens is 272 g/mol.